The van der Waals surface area contributed by atoms with E-state index < -0.39 is 39.7 Å². The summed E-state index contributed by atoms with van der Waals surface area (Å²) in [6.45, 7) is 0. The number of carbonyl (C=O) groups is 3. The molecule has 80 valence electrons. The maximum Gasteiger partial charge on any atom is 0.512 e. The van der Waals surface area contributed by atoms with Gasteiger partial charge in [-0.15, -0.1) is 0 Å². The van der Waals surface area contributed by atoms with E-state index in [0.717, 1.165) is 0 Å². The maximum atomic E-state index is 11.4. The van der Waals surface area contributed by atoms with Crippen LogP contribution in [0.25, 0.3) is 0 Å². The lowest BCUT2D eigenvalue weighted by atomic mass is 9.91. The number of halogens is 2. The molecule has 3 fully saturated rings. The van der Waals surface area contributed by atoms with E-state index in [1.807, 2.05) is 0 Å². The smallest absolute Gasteiger partial charge is 0.405 e. The minimum atomic E-state index is -1.72. The standard InChI is InChI=1S/C8H4Cl2O5/c9-7-2-1-3(5(12)4(2)11)8(7,10)15-6(13)14-7/h2-3H,1H2/t2-,3+,7+,8-. The number of alkyl halides is 2. The third-order valence-electron chi connectivity index (χ3n) is 3.17. The van der Waals surface area contributed by atoms with Crippen molar-refractivity contribution in [2.45, 2.75) is 16.5 Å². The molecule has 0 N–H and O–H groups in total. The molecule has 2 bridgehead atoms. The summed E-state index contributed by atoms with van der Waals surface area (Å²) in [5, 5.41) is -3.44. The number of Topliss-reactive ketones (excluding diaryl/α,β-unsaturated/α-hetero) is 2. The minimum Gasteiger partial charge on any atom is -0.405 e. The van der Waals surface area contributed by atoms with Gasteiger partial charge in [-0.3, -0.25) is 9.59 Å². The molecule has 5 nitrogen and oxygen atoms in total. The molecule has 0 amide bonds. The highest BCUT2D eigenvalue weighted by Crippen LogP contribution is 2.64. The second-order valence-corrected chi connectivity index (χ2v) is 4.94. The molecule has 1 aliphatic heterocycles. The van der Waals surface area contributed by atoms with Crippen LogP contribution in [0.5, 0.6) is 0 Å². The van der Waals surface area contributed by atoms with Crippen LogP contribution in [0.4, 0.5) is 4.79 Å². The molecule has 2 saturated carbocycles. The van der Waals surface area contributed by atoms with Crippen molar-refractivity contribution in [1.29, 1.82) is 0 Å². The van der Waals surface area contributed by atoms with E-state index >= 15 is 0 Å². The van der Waals surface area contributed by atoms with E-state index in [0.29, 0.717) is 0 Å². The van der Waals surface area contributed by atoms with Gasteiger partial charge in [0.25, 0.3) is 10.1 Å². The van der Waals surface area contributed by atoms with Crippen LogP contribution in [-0.4, -0.2) is 27.8 Å². The van der Waals surface area contributed by atoms with Gasteiger partial charge >= 0.3 is 6.16 Å². The van der Waals surface area contributed by atoms with Crippen molar-refractivity contribution in [3.05, 3.63) is 0 Å². The molecule has 0 unspecified atom stereocenters. The Hall–Kier alpha value is -0.810. The minimum absolute atomic E-state index is 0.179. The summed E-state index contributed by atoms with van der Waals surface area (Å²) in [7, 11) is 0. The number of carbonyl (C=O) groups excluding carboxylic acids is 3. The van der Waals surface area contributed by atoms with Gasteiger partial charge in [-0.2, -0.15) is 0 Å². The van der Waals surface area contributed by atoms with Gasteiger partial charge < -0.3 is 9.47 Å². The van der Waals surface area contributed by atoms with Crippen LogP contribution in [0, 0.1) is 11.8 Å². The molecule has 0 aromatic heterocycles. The summed E-state index contributed by atoms with van der Waals surface area (Å²) >= 11 is 12.0. The van der Waals surface area contributed by atoms with Gasteiger partial charge in [0, 0.05) is 0 Å². The summed E-state index contributed by atoms with van der Waals surface area (Å²) < 4.78 is 9.46. The van der Waals surface area contributed by atoms with E-state index in [-0.39, 0.29) is 6.42 Å². The lowest BCUT2D eigenvalue weighted by Gasteiger charge is -2.32. The average molecular weight is 251 g/mol. The number of ketones is 2. The van der Waals surface area contributed by atoms with Crippen molar-refractivity contribution in [2.75, 3.05) is 0 Å². The van der Waals surface area contributed by atoms with Crippen LogP contribution in [0.2, 0.25) is 0 Å². The fourth-order valence-electron chi connectivity index (χ4n) is 2.45. The zero-order chi connectivity index (χ0) is 11.0. The molecule has 0 radical (unpaired) electrons. The third-order valence-corrected chi connectivity index (χ3v) is 4.51. The SMILES string of the molecule is O=C1O[C@@]2(Cl)[C@@H]3C[C@@H](C(=O)C3=O)[C@@]2(Cl)O1. The van der Waals surface area contributed by atoms with Crippen molar-refractivity contribution >= 4 is 40.9 Å². The number of hydrogen-bond acceptors (Lipinski definition) is 5. The summed E-state index contributed by atoms with van der Waals surface area (Å²) in [4.78, 5) is 33.8. The Bertz CT molecular complexity index is 385. The number of rotatable bonds is 0. The first-order valence-corrected chi connectivity index (χ1v) is 5.03. The van der Waals surface area contributed by atoms with Gasteiger partial charge in [0.05, 0.1) is 11.8 Å². The van der Waals surface area contributed by atoms with Crippen LogP contribution in [-0.2, 0) is 19.1 Å². The molecule has 1 heterocycles. The second kappa shape index (κ2) is 2.30. The highest BCUT2D eigenvalue weighted by Gasteiger charge is 2.81. The molecular formula is C8H4Cl2O5. The van der Waals surface area contributed by atoms with Crippen LogP contribution in [0.15, 0.2) is 0 Å². The Labute approximate surface area is 93.6 Å². The van der Waals surface area contributed by atoms with Gasteiger partial charge in [-0.25, -0.2) is 4.79 Å². The van der Waals surface area contributed by atoms with Gasteiger partial charge in [0.1, 0.15) is 0 Å². The highest BCUT2D eigenvalue weighted by molar-refractivity contribution is 6.49. The van der Waals surface area contributed by atoms with E-state index in [9.17, 15) is 14.4 Å². The molecule has 4 atom stereocenters. The topological polar surface area (TPSA) is 69.7 Å². The fraction of sp³-hybridized carbons (Fsp3) is 0.625. The largest absolute Gasteiger partial charge is 0.512 e. The maximum absolute atomic E-state index is 11.4. The predicted octanol–water partition coefficient (Wildman–Crippen LogP) is 0.811. The molecule has 3 aliphatic rings. The Kier molecular flexibility index (Phi) is 1.44. The molecule has 3 rings (SSSR count). The van der Waals surface area contributed by atoms with E-state index in [2.05, 4.69) is 0 Å². The Balaban J connectivity index is 2.17. The molecule has 2 aliphatic carbocycles. The molecule has 0 aromatic rings. The summed E-state index contributed by atoms with van der Waals surface area (Å²) in [6, 6.07) is 0. The van der Waals surface area contributed by atoms with E-state index in [4.69, 9.17) is 32.7 Å². The lowest BCUT2D eigenvalue weighted by molar-refractivity contribution is -0.145. The summed E-state index contributed by atoms with van der Waals surface area (Å²) in [5.74, 6) is -3.05. The zero-order valence-electron chi connectivity index (χ0n) is 7.16. The molecule has 1 saturated heterocycles. The van der Waals surface area contributed by atoms with Crippen molar-refractivity contribution < 1.29 is 23.9 Å². The van der Waals surface area contributed by atoms with Gasteiger partial charge in [0.15, 0.2) is 0 Å². The molecular weight excluding hydrogens is 247 g/mol. The first-order valence-electron chi connectivity index (χ1n) is 4.28. The molecule has 0 aromatic carbocycles. The first-order chi connectivity index (χ1) is 6.90. The average Bonchev–Trinajstić information content (AvgIpc) is 2.60. The van der Waals surface area contributed by atoms with Crippen LogP contribution < -0.4 is 0 Å². The van der Waals surface area contributed by atoms with Crippen molar-refractivity contribution in [3.63, 3.8) is 0 Å². The van der Waals surface area contributed by atoms with Crippen molar-refractivity contribution in [1.82, 2.24) is 0 Å². The summed E-state index contributed by atoms with van der Waals surface area (Å²) in [5.41, 5.74) is 0. The van der Waals surface area contributed by atoms with Gasteiger partial charge in [-0.1, -0.05) is 23.2 Å². The Morgan fingerprint density at radius 2 is 1.40 bits per heavy atom. The van der Waals surface area contributed by atoms with Crippen molar-refractivity contribution in [3.8, 4) is 0 Å². The fourth-order valence-corrected chi connectivity index (χ4v) is 3.30. The van der Waals surface area contributed by atoms with Gasteiger partial charge in [0.2, 0.25) is 11.6 Å². The van der Waals surface area contributed by atoms with Crippen LogP contribution >= 0.6 is 23.2 Å². The Morgan fingerprint density at radius 1 is 1.00 bits per heavy atom. The number of ether oxygens (including phenoxy) is 2. The molecule has 7 heteroatoms. The van der Waals surface area contributed by atoms with Crippen LogP contribution in [0.3, 0.4) is 0 Å². The number of hydrogen-bond donors (Lipinski definition) is 0. The third kappa shape index (κ3) is 0.774. The summed E-state index contributed by atoms with van der Waals surface area (Å²) in [6.07, 6.45) is -0.866. The normalized spacial score (nSPS) is 51.7. The quantitative estimate of drug-likeness (QED) is 0.362. The molecule has 15 heavy (non-hydrogen) atoms. The van der Waals surface area contributed by atoms with E-state index in [1.165, 1.54) is 0 Å². The van der Waals surface area contributed by atoms with E-state index in [1.54, 1.807) is 0 Å². The predicted molar refractivity (Wildman–Crippen MR) is 46.3 cm³/mol. The van der Waals surface area contributed by atoms with Gasteiger partial charge in [-0.05, 0) is 6.42 Å². The molecule has 0 spiro atoms. The number of fused-ring (bicyclic) bond motifs is 5. The zero-order valence-corrected chi connectivity index (χ0v) is 8.67. The first kappa shape index (κ1) is 9.42. The Morgan fingerprint density at radius 3 is 1.80 bits per heavy atom. The highest BCUT2D eigenvalue weighted by atomic mass is 35.5. The lowest BCUT2D eigenvalue weighted by Crippen LogP contribution is -2.54. The van der Waals surface area contributed by atoms with Crippen LogP contribution in [0.1, 0.15) is 6.42 Å². The van der Waals surface area contributed by atoms with Crippen molar-refractivity contribution in [2.24, 2.45) is 11.8 Å². The second-order valence-electron chi connectivity index (χ2n) is 3.81. The monoisotopic (exact) mass is 250 g/mol.